The van der Waals surface area contributed by atoms with Crippen LogP contribution in [0.5, 0.6) is 0 Å². The highest BCUT2D eigenvalue weighted by atomic mass is 16.4. The van der Waals surface area contributed by atoms with Crippen LogP contribution in [0.2, 0.25) is 0 Å². The molecule has 3 heterocycles. The number of amides is 2. The summed E-state index contributed by atoms with van der Waals surface area (Å²) >= 11 is 0. The fourth-order valence-electron chi connectivity index (χ4n) is 5.05. The maximum atomic E-state index is 13.2. The van der Waals surface area contributed by atoms with E-state index < -0.39 is 6.09 Å². The lowest BCUT2D eigenvalue weighted by Gasteiger charge is -2.32. The summed E-state index contributed by atoms with van der Waals surface area (Å²) in [4.78, 5) is 30.8. The molecule has 2 aromatic carbocycles. The van der Waals surface area contributed by atoms with E-state index in [1.807, 2.05) is 41.9 Å². The number of likely N-dealkylation sites (tertiary alicyclic amines) is 1. The Hall–Kier alpha value is -4.32. The van der Waals surface area contributed by atoms with Crippen molar-refractivity contribution in [2.45, 2.75) is 32.4 Å². The first kappa shape index (κ1) is 22.5. The molecule has 2 N–H and O–H groups in total. The van der Waals surface area contributed by atoms with E-state index in [-0.39, 0.29) is 11.9 Å². The zero-order valence-corrected chi connectivity index (χ0v) is 19.7. The molecule has 2 amide bonds. The number of nitriles is 1. The monoisotopic (exact) mass is 470 g/mol. The lowest BCUT2D eigenvalue weighted by Crippen LogP contribution is -2.49. The van der Waals surface area contributed by atoms with E-state index in [0.717, 1.165) is 52.8 Å². The number of aromatic nitrogens is 3. The van der Waals surface area contributed by atoms with Crippen LogP contribution in [0.25, 0.3) is 33.5 Å². The van der Waals surface area contributed by atoms with Crippen LogP contribution in [-0.2, 0) is 13.6 Å². The highest BCUT2D eigenvalue weighted by Gasteiger charge is 2.26. The van der Waals surface area contributed by atoms with Gasteiger partial charge in [0.15, 0.2) is 5.82 Å². The number of piperidine rings is 1. The van der Waals surface area contributed by atoms with Crippen molar-refractivity contribution in [3.8, 4) is 17.6 Å². The number of rotatable bonds is 4. The minimum Gasteiger partial charge on any atom is -0.465 e. The van der Waals surface area contributed by atoms with E-state index in [1.54, 1.807) is 11.0 Å². The molecule has 4 aromatic rings. The van der Waals surface area contributed by atoms with Crippen molar-refractivity contribution >= 4 is 33.9 Å². The van der Waals surface area contributed by atoms with Gasteiger partial charge in [0.2, 0.25) is 0 Å². The Morgan fingerprint density at radius 2 is 2.03 bits per heavy atom. The number of aryl methyl sites for hydroxylation is 2. The van der Waals surface area contributed by atoms with E-state index >= 15 is 0 Å². The Bertz CT molecular complexity index is 1510. The van der Waals surface area contributed by atoms with Crippen molar-refractivity contribution in [3.05, 3.63) is 53.6 Å². The largest absolute Gasteiger partial charge is 0.465 e. The number of nitrogens with zero attached hydrogens (tertiary/aromatic N) is 5. The van der Waals surface area contributed by atoms with Gasteiger partial charge < -0.3 is 24.5 Å². The van der Waals surface area contributed by atoms with E-state index in [0.29, 0.717) is 24.2 Å². The van der Waals surface area contributed by atoms with Gasteiger partial charge in [-0.25, -0.2) is 9.78 Å². The van der Waals surface area contributed by atoms with Crippen LogP contribution in [0, 0.1) is 11.3 Å². The predicted molar refractivity (Wildman–Crippen MR) is 132 cm³/mol. The van der Waals surface area contributed by atoms with Crippen molar-refractivity contribution in [1.82, 2.24) is 24.3 Å². The summed E-state index contributed by atoms with van der Waals surface area (Å²) in [6, 6.07) is 15.2. The summed E-state index contributed by atoms with van der Waals surface area (Å²) < 4.78 is 4.16. The molecule has 9 nitrogen and oxygen atoms in total. The highest BCUT2D eigenvalue weighted by molar-refractivity contribution is 5.98. The minimum absolute atomic E-state index is 0.123. The summed E-state index contributed by atoms with van der Waals surface area (Å²) in [5, 5.41) is 21.9. The summed E-state index contributed by atoms with van der Waals surface area (Å²) in [6.07, 6.45) is 0.405. The first-order valence-corrected chi connectivity index (χ1v) is 11.7. The van der Waals surface area contributed by atoms with E-state index in [4.69, 9.17) is 10.1 Å². The number of fused-ring (bicyclic) bond motifs is 2. The minimum atomic E-state index is -1.07. The molecule has 0 radical (unpaired) electrons. The molecule has 178 valence electrons. The Kier molecular flexibility index (Phi) is 5.65. The summed E-state index contributed by atoms with van der Waals surface area (Å²) in [5.41, 5.74) is 4.71. The van der Waals surface area contributed by atoms with Crippen molar-refractivity contribution < 1.29 is 14.7 Å². The molecule has 1 atom stereocenters. The van der Waals surface area contributed by atoms with E-state index in [1.165, 1.54) is 0 Å². The van der Waals surface area contributed by atoms with Crippen LogP contribution >= 0.6 is 0 Å². The van der Waals surface area contributed by atoms with E-state index in [9.17, 15) is 14.9 Å². The molecule has 1 aliphatic rings. The quantitative estimate of drug-likeness (QED) is 0.468. The van der Waals surface area contributed by atoms with Crippen LogP contribution in [-0.4, -0.2) is 55.3 Å². The molecular weight excluding hydrogens is 444 g/mol. The summed E-state index contributed by atoms with van der Waals surface area (Å²) in [6.45, 7) is 3.75. The van der Waals surface area contributed by atoms with Gasteiger partial charge in [-0.05, 0) is 56.2 Å². The molecule has 0 spiro atoms. The molecule has 0 aliphatic carbocycles. The van der Waals surface area contributed by atoms with Crippen LogP contribution in [0.15, 0.2) is 42.5 Å². The third kappa shape index (κ3) is 3.97. The fraction of sp³-hybridized carbons (Fsp3) is 0.308. The first-order valence-electron chi connectivity index (χ1n) is 11.7. The van der Waals surface area contributed by atoms with Gasteiger partial charge in [0, 0.05) is 49.2 Å². The molecule has 1 fully saturated rings. The predicted octanol–water partition coefficient (Wildman–Crippen LogP) is 3.96. The second-order valence-electron chi connectivity index (χ2n) is 8.90. The van der Waals surface area contributed by atoms with Crippen molar-refractivity contribution in [3.63, 3.8) is 0 Å². The molecule has 2 aromatic heterocycles. The Morgan fingerprint density at radius 1 is 1.20 bits per heavy atom. The normalized spacial score (nSPS) is 15.9. The molecule has 9 heteroatoms. The summed E-state index contributed by atoms with van der Waals surface area (Å²) in [7, 11) is 1.96. The zero-order valence-electron chi connectivity index (χ0n) is 19.7. The Labute approximate surface area is 202 Å². The molecule has 5 rings (SSSR count). The smallest absolute Gasteiger partial charge is 0.404 e. The lowest BCUT2D eigenvalue weighted by atomic mass is 10.0. The average molecular weight is 471 g/mol. The van der Waals surface area contributed by atoms with Gasteiger partial charge in [0.1, 0.15) is 0 Å². The van der Waals surface area contributed by atoms with Crippen molar-refractivity contribution in [2.24, 2.45) is 7.05 Å². The molecule has 0 bridgehead atoms. The molecular formula is C26H26N6O3. The number of carbonyl (C=O) groups excluding carboxylic acids is 1. The van der Waals surface area contributed by atoms with Gasteiger partial charge in [-0.1, -0.05) is 6.07 Å². The van der Waals surface area contributed by atoms with Crippen molar-refractivity contribution in [2.75, 3.05) is 13.1 Å². The number of carboxylic acid groups (broad SMARTS) is 1. The van der Waals surface area contributed by atoms with Crippen molar-refractivity contribution in [1.29, 1.82) is 5.26 Å². The number of benzene rings is 2. The maximum Gasteiger partial charge on any atom is 0.404 e. The second-order valence-corrected chi connectivity index (χ2v) is 8.90. The second kappa shape index (κ2) is 8.80. The molecule has 0 saturated carbocycles. The van der Waals surface area contributed by atoms with Crippen LogP contribution in [0.1, 0.15) is 35.7 Å². The Morgan fingerprint density at radius 3 is 2.77 bits per heavy atom. The van der Waals surface area contributed by atoms with Gasteiger partial charge >= 0.3 is 6.09 Å². The standard InChI is InChI=1S/C26H26N6O3/c1-3-32-22-11-16(14-27)6-7-17(22)13-23(32)24-29-20-12-18(8-9-21(20)30(24)2)25(33)31-10-4-5-19(15-31)28-26(34)35/h6-9,11-13,19,28H,3-5,10,15H2,1-2H3,(H,34,35). The Balaban J connectivity index is 1.50. The van der Waals surface area contributed by atoms with Gasteiger partial charge in [-0.2, -0.15) is 5.26 Å². The molecule has 1 unspecified atom stereocenters. The molecule has 1 saturated heterocycles. The number of carbonyl (C=O) groups is 2. The third-order valence-electron chi connectivity index (χ3n) is 6.74. The number of imidazole rings is 1. The lowest BCUT2D eigenvalue weighted by molar-refractivity contribution is 0.0692. The zero-order chi connectivity index (χ0) is 24.7. The van der Waals surface area contributed by atoms with E-state index in [2.05, 4.69) is 28.9 Å². The number of hydrogen-bond donors (Lipinski definition) is 2. The van der Waals surface area contributed by atoms with Gasteiger partial charge in [0.05, 0.1) is 28.4 Å². The van der Waals surface area contributed by atoms with Crippen LogP contribution < -0.4 is 5.32 Å². The topological polar surface area (TPSA) is 116 Å². The number of hydrogen-bond acceptors (Lipinski definition) is 4. The molecule has 1 aliphatic heterocycles. The van der Waals surface area contributed by atoms with Gasteiger partial charge in [-0.15, -0.1) is 0 Å². The molecule has 35 heavy (non-hydrogen) atoms. The first-order chi connectivity index (χ1) is 16.9. The van der Waals surface area contributed by atoms with Gasteiger partial charge in [0.25, 0.3) is 5.91 Å². The fourth-order valence-corrected chi connectivity index (χ4v) is 5.05. The SMILES string of the molecule is CCn1c(-c2nc3cc(C(=O)N4CCCC(NC(=O)O)C4)ccc3n2C)cc2ccc(C#N)cc21. The highest BCUT2D eigenvalue weighted by Crippen LogP contribution is 2.31. The summed E-state index contributed by atoms with van der Waals surface area (Å²) in [5.74, 6) is 0.660. The average Bonchev–Trinajstić information content (AvgIpc) is 3.39. The third-order valence-corrected chi connectivity index (χ3v) is 6.74. The van der Waals surface area contributed by atoms with Crippen LogP contribution in [0.3, 0.4) is 0 Å². The van der Waals surface area contributed by atoms with Gasteiger partial charge in [-0.3, -0.25) is 4.79 Å². The maximum absolute atomic E-state index is 13.2. The van der Waals surface area contributed by atoms with Crippen LogP contribution in [0.4, 0.5) is 4.79 Å². The number of nitrogens with one attached hydrogen (secondary N) is 1.